The number of aromatic carboxylic acids is 1. The molecule has 0 spiro atoms. The molecule has 2 aliphatic heterocycles. The number of carboxylic acid groups (broad SMARTS) is 1. The highest BCUT2D eigenvalue weighted by Crippen LogP contribution is 2.38. The van der Waals surface area contributed by atoms with Crippen LogP contribution in [0, 0.1) is 0 Å². The summed E-state index contributed by atoms with van der Waals surface area (Å²) in [5.41, 5.74) is 4.35. The number of likely N-dealkylation sites (tertiary alicyclic amines) is 1. The zero-order chi connectivity index (χ0) is 20.8. The minimum Gasteiger partial charge on any atom is -0.477 e. The van der Waals surface area contributed by atoms with Crippen molar-refractivity contribution in [3.63, 3.8) is 0 Å². The highest BCUT2D eigenvalue weighted by Gasteiger charge is 2.30. The molecule has 1 unspecified atom stereocenters. The summed E-state index contributed by atoms with van der Waals surface area (Å²) < 4.78 is 2.44. The van der Waals surface area contributed by atoms with Crippen LogP contribution >= 0.6 is 12.4 Å². The normalized spacial score (nSPS) is 18.7. The molecule has 5 rings (SSSR count). The van der Waals surface area contributed by atoms with E-state index in [1.807, 2.05) is 13.0 Å². The standard InChI is InChI=1S/C24H27N3O3.ClH/c1-2-15-13-18(24(29)30)23(28)25-22(15)16-6-7-19-17(12-16)14-21-20(8-11-27(19)21)26-9-4-3-5-10-26;/h6-7,12-14,20H,2-5,8-11H2,1H3,(H,25,28)(H,29,30);1H. The average Bonchev–Trinajstić information content (AvgIpc) is 3.32. The zero-order valence-corrected chi connectivity index (χ0v) is 18.5. The van der Waals surface area contributed by atoms with Crippen LogP contribution in [-0.2, 0) is 13.0 Å². The van der Waals surface area contributed by atoms with Crippen LogP contribution in [0.2, 0.25) is 0 Å². The Labute approximate surface area is 187 Å². The summed E-state index contributed by atoms with van der Waals surface area (Å²) in [4.78, 5) is 29.1. The molecule has 1 fully saturated rings. The molecule has 0 radical (unpaired) electrons. The molecule has 31 heavy (non-hydrogen) atoms. The molecule has 3 aromatic rings. The molecule has 2 aliphatic rings. The lowest BCUT2D eigenvalue weighted by molar-refractivity contribution is 0.0695. The predicted octanol–water partition coefficient (Wildman–Crippen LogP) is 4.61. The number of nitrogens with one attached hydrogen (secondary N) is 1. The average molecular weight is 442 g/mol. The number of benzene rings is 1. The number of pyridine rings is 1. The summed E-state index contributed by atoms with van der Waals surface area (Å²) in [6, 6.07) is 10.6. The second kappa shape index (κ2) is 8.52. The first kappa shape index (κ1) is 21.7. The predicted molar refractivity (Wildman–Crippen MR) is 124 cm³/mol. The lowest BCUT2D eigenvalue weighted by atomic mass is 10.0. The van der Waals surface area contributed by atoms with Gasteiger partial charge in [0.05, 0.1) is 11.7 Å². The molecule has 7 heteroatoms. The number of rotatable bonds is 4. The van der Waals surface area contributed by atoms with E-state index < -0.39 is 11.5 Å². The second-order valence-corrected chi connectivity index (χ2v) is 8.47. The van der Waals surface area contributed by atoms with Gasteiger partial charge in [-0.25, -0.2) is 4.79 Å². The Hall–Kier alpha value is -2.57. The third-order valence-corrected chi connectivity index (χ3v) is 6.76. The Bertz CT molecular complexity index is 1190. The number of hydrogen-bond acceptors (Lipinski definition) is 3. The van der Waals surface area contributed by atoms with Gasteiger partial charge in [-0.1, -0.05) is 19.4 Å². The lowest BCUT2D eigenvalue weighted by Gasteiger charge is -2.31. The molecule has 0 amide bonds. The van der Waals surface area contributed by atoms with Crippen molar-refractivity contribution < 1.29 is 9.90 Å². The van der Waals surface area contributed by atoms with Gasteiger partial charge in [-0.05, 0) is 74.2 Å². The molecule has 4 heterocycles. The van der Waals surface area contributed by atoms with Gasteiger partial charge in [0.15, 0.2) is 0 Å². The number of H-pyrrole nitrogens is 1. The van der Waals surface area contributed by atoms with Crippen molar-refractivity contribution in [3.05, 3.63) is 57.5 Å². The fourth-order valence-electron chi connectivity index (χ4n) is 5.24. The van der Waals surface area contributed by atoms with E-state index in [9.17, 15) is 14.7 Å². The van der Waals surface area contributed by atoms with Crippen LogP contribution in [0.4, 0.5) is 0 Å². The third-order valence-electron chi connectivity index (χ3n) is 6.76. The molecule has 0 aliphatic carbocycles. The number of hydrogen-bond donors (Lipinski definition) is 2. The topological polar surface area (TPSA) is 78.3 Å². The Morgan fingerprint density at radius 3 is 2.61 bits per heavy atom. The molecule has 1 saturated heterocycles. The highest BCUT2D eigenvalue weighted by molar-refractivity contribution is 5.89. The van der Waals surface area contributed by atoms with Gasteiger partial charge in [0.25, 0.3) is 5.56 Å². The Morgan fingerprint density at radius 2 is 1.90 bits per heavy atom. The van der Waals surface area contributed by atoms with Gasteiger partial charge in [-0.2, -0.15) is 0 Å². The summed E-state index contributed by atoms with van der Waals surface area (Å²) in [6.07, 6.45) is 5.75. The van der Waals surface area contributed by atoms with Gasteiger partial charge in [-0.3, -0.25) is 9.69 Å². The van der Waals surface area contributed by atoms with Gasteiger partial charge in [-0.15, -0.1) is 12.4 Å². The smallest absolute Gasteiger partial charge is 0.341 e. The summed E-state index contributed by atoms with van der Waals surface area (Å²) in [6.45, 7) is 5.39. The van der Waals surface area contributed by atoms with Gasteiger partial charge in [0, 0.05) is 23.1 Å². The summed E-state index contributed by atoms with van der Waals surface area (Å²) in [7, 11) is 0. The number of nitrogens with zero attached hydrogens (tertiary/aromatic N) is 2. The molecule has 2 aromatic heterocycles. The van der Waals surface area contributed by atoms with Crippen molar-refractivity contribution >= 4 is 29.3 Å². The first-order valence-corrected chi connectivity index (χ1v) is 10.9. The largest absolute Gasteiger partial charge is 0.477 e. The minimum atomic E-state index is -1.19. The molecular formula is C24H28ClN3O3. The Morgan fingerprint density at radius 1 is 1.13 bits per heavy atom. The van der Waals surface area contributed by atoms with Crippen molar-refractivity contribution in [2.75, 3.05) is 13.1 Å². The summed E-state index contributed by atoms with van der Waals surface area (Å²) >= 11 is 0. The maximum absolute atomic E-state index is 12.3. The highest BCUT2D eigenvalue weighted by atomic mass is 35.5. The van der Waals surface area contributed by atoms with Crippen molar-refractivity contribution in [2.24, 2.45) is 0 Å². The fourth-order valence-corrected chi connectivity index (χ4v) is 5.24. The lowest BCUT2D eigenvalue weighted by Crippen LogP contribution is -2.32. The molecule has 164 valence electrons. The first-order chi connectivity index (χ1) is 14.6. The van der Waals surface area contributed by atoms with E-state index in [1.54, 1.807) is 0 Å². The van der Waals surface area contributed by atoms with Crippen LogP contribution in [-0.4, -0.2) is 38.6 Å². The molecule has 1 atom stereocenters. The van der Waals surface area contributed by atoms with Gasteiger partial charge >= 0.3 is 5.97 Å². The van der Waals surface area contributed by atoms with E-state index in [0.717, 1.165) is 17.7 Å². The van der Waals surface area contributed by atoms with Crippen molar-refractivity contribution in [3.8, 4) is 11.3 Å². The maximum Gasteiger partial charge on any atom is 0.341 e. The molecule has 1 aromatic carbocycles. The quantitative estimate of drug-likeness (QED) is 0.619. The molecule has 2 N–H and O–H groups in total. The summed E-state index contributed by atoms with van der Waals surface area (Å²) in [5, 5.41) is 10.4. The monoisotopic (exact) mass is 441 g/mol. The van der Waals surface area contributed by atoms with Gasteiger partial charge < -0.3 is 14.7 Å². The number of aromatic amines is 1. The molecule has 0 saturated carbocycles. The van der Waals surface area contributed by atoms with Gasteiger partial charge in [0.1, 0.15) is 5.56 Å². The van der Waals surface area contributed by atoms with Crippen LogP contribution in [0.5, 0.6) is 0 Å². The van der Waals surface area contributed by atoms with Gasteiger partial charge in [0.2, 0.25) is 0 Å². The number of carboxylic acids is 1. The van der Waals surface area contributed by atoms with E-state index >= 15 is 0 Å². The third kappa shape index (κ3) is 3.68. The maximum atomic E-state index is 12.3. The zero-order valence-electron chi connectivity index (χ0n) is 17.7. The van der Waals surface area contributed by atoms with Crippen LogP contribution in [0.25, 0.3) is 22.2 Å². The van der Waals surface area contributed by atoms with Crippen molar-refractivity contribution in [2.45, 2.75) is 51.6 Å². The number of carbonyl (C=O) groups is 1. The van der Waals surface area contributed by atoms with E-state index in [4.69, 9.17) is 0 Å². The number of fused-ring (bicyclic) bond motifs is 3. The second-order valence-electron chi connectivity index (χ2n) is 8.47. The van der Waals surface area contributed by atoms with Crippen LogP contribution in [0.3, 0.4) is 0 Å². The summed E-state index contributed by atoms with van der Waals surface area (Å²) in [5.74, 6) is -1.19. The fraction of sp³-hybridized carbons (Fsp3) is 0.417. The number of aryl methyl sites for hydroxylation is 2. The van der Waals surface area contributed by atoms with E-state index in [0.29, 0.717) is 18.2 Å². The Kier molecular flexibility index (Phi) is 5.95. The van der Waals surface area contributed by atoms with E-state index in [-0.39, 0.29) is 18.0 Å². The molecule has 6 nitrogen and oxygen atoms in total. The molecular weight excluding hydrogens is 414 g/mol. The Balaban J connectivity index is 0.00000231. The SMILES string of the molecule is CCc1cc(C(=O)O)c(=O)[nH]c1-c1ccc2c(c1)cc1n2CCC1N1CCCCC1.Cl. The van der Waals surface area contributed by atoms with E-state index in [2.05, 4.69) is 32.7 Å². The minimum absolute atomic E-state index is 0. The number of piperidine rings is 1. The van der Waals surface area contributed by atoms with Crippen molar-refractivity contribution in [1.29, 1.82) is 0 Å². The van der Waals surface area contributed by atoms with Crippen LogP contribution < -0.4 is 5.56 Å². The van der Waals surface area contributed by atoms with Crippen molar-refractivity contribution in [1.82, 2.24) is 14.5 Å². The first-order valence-electron chi connectivity index (χ1n) is 10.9. The number of halogens is 1. The number of aromatic nitrogens is 2. The van der Waals surface area contributed by atoms with Crippen LogP contribution in [0.15, 0.2) is 35.1 Å². The van der Waals surface area contributed by atoms with E-state index in [1.165, 1.54) is 61.4 Å². The van der Waals surface area contributed by atoms with Crippen LogP contribution in [0.1, 0.15) is 60.3 Å². The molecule has 0 bridgehead atoms.